The van der Waals surface area contributed by atoms with Crippen LogP contribution in [0.3, 0.4) is 0 Å². The normalized spacial score (nSPS) is 11.1. The van der Waals surface area contributed by atoms with E-state index in [1.54, 1.807) is 33.2 Å². The maximum absolute atomic E-state index is 12.1. The quantitative estimate of drug-likeness (QED) is 0.542. The van der Waals surface area contributed by atoms with Crippen molar-refractivity contribution < 1.29 is 14.3 Å². The maximum Gasteiger partial charge on any atom is 0.253 e. The summed E-state index contributed by atoms with van der Waals surface area (Å²) in [5, 5.41) is 3.31. The summed E-state index contributed by atoms with van der Waals surface area (Å²) in [6.45, 7) is 4.11. The molecule has 1 N–H and O–H groups in total. The van der Waals surface area contributed by atoms with Gasteiger partial charge in [-0.2, -0.15) is 0 Å². The van der Waals surface area contributed by atoms with Crippen LogP contribution in [0.4, 0.5) is 11.5 Å². The van der Waals surface area contributed by atoms with E-state index in [-0.39, 0.29) is 5.91 Å². The lowest BCUT2D eigenvalue weighted by Crippen LogP contribution is -2.21. The van der Waals surface area contributed by atoms with Crippen LogP contribution >= 0.6 is 0 Å². The minimum atomic E-state index is -0.00389. The summed E-state index contributed by atoms with van der Waals surface area (Å²) in [4.78, 5) is 18.2. The topological polar surface area (TPSA) is 63.7 Å². The van der Waals surface area contributed by atoms with Crippen LogP contribution < -0.4 is 14.8 Å². The number of aromatic nitrogens is 1. The molecule has 166 valence electrons. The first-order valence-corrected chi connectivity index (χ1v) is 10.3. The molecule has 6 heteroatoms. The van der Waals surface area contributed by atoms with Crippen molar-refractivity contribution in [3.63, 3.8) is 0 Å². The third-order valence-electron chi connectivity index (χ3n) is 5.17. The zero-order chi connectivity index (χ0) is 23.3. The summed E-state index contributed by atoms with van der Waals surface area (Å²) in [7, 11) is 6.73. The molecule has 0 radical (unpaired) electrons. The first-order chi connectivity index (χ1) is 15.3. The van der Waals surface area contributed by atoms with Crippen molar-refractivity contribution >= 4 is 29.1 Å². The molecule has 0 aliphatic carbocycles. The fourth-order valence-corrected chi connectivity index (χ4v) is 3.30. The number of pyridine rings is 1. The molecule has 2 aromatic carbocycles. The van der Waals surface area contributed by atoms with Crippen molar-refractivity contribution in [2.75, 3.05) is 33.6 Å². The summed E-state index contributed by atoms with van der Waals surface area (Å²) in [5.41, 5.74) is 5.83. The largest absolute Gasteiger partial charge is 0.493 e. The molecular formula is C26H29N3O3. The zero-order valence-electron chi connectivity index (χ0n) is 19.4. The van der Waals surface area contributed by atoms with Gasteiger partial charge in [-0.3, -0.25) is 4.79 Å². The SMILES string of the molecule is COc1ccc(Nc2cc(C)c(/C=C(\C)c3ccc(C(=O)N(C)C)cc3)cn2)cc1OC. The van der Waals surface area contributed by atoms with Crippen LogP contribution in [0.5, 0.6) is 11.5 Å². The number of rotatable bonds is 7. The molecule has 6 nitrogen and oxygen atoms in total. The number of ether oxygens (including phenoxy) is 2. The van der Waals surface area contributed by atoms with Gasteiger partial charge >= 0.3 is 0 Å². The Bertz CT molecular complexity index is 1140. The lowest BCUT2D eigenvalue weighted by Gasteiger charge is -2.12. The number of benzene rings is 2. The average Bonchev–Trinajstić information content (AvgIpc) is 2.80. The lowest BCUT2D eigenvalue weighted by molar-refractivity contribution is 0.0827. The zero-order valence-corrected chi connectivity index (χ0v) is 19.4. The van der Waals surface area contributed by atoms with Gasteiger partial charge in [-0.15, -0.1) is 0 Å². The molecule has 3 aromatic rings. The van der Waals surface area contributed by atoms with E-state index in [4.69, 9.17) is 9.47 Å². The monoisotopic (exact) mass is 431 g/mol. The predicted molar refractivity (Wildman–Crippen MR) is 130 cm³/mol. The molecule has 0 saturated heterocycles. The number of nitrogens with one attached hydrogen (secondary N) is 1. The highest BCUT2D eigenvalue weighted by Gasteiger charge is 2.09. The fourth-order valence-electron chi connectivity index (χ4n) is 3.30. The Kier molecular flexibility index (Phi) is 7.15. The molecule has 0 aliphatic rings. The molecule has 0 fully saturated rings. The van der Waals surface area contributed by atoms with Crippen LogP contribution in [-0.4, -0.2) is 44.1 Å². The van der Waals surface area contributed by atoms with Crippen LogP contribution in [0.2, 0.25) is 0 Å². The highest BCUT2D eigenvalue weighted by molar-refractivity contribution is 5.94. The van der Waals surface area contributed by atoms with Crippen LogP contribution in [-0.2, 0) is 0 Å². The van der Waals surface area contributed by atoms with Gasteiger partial charge in [0.1, 0.15) is 5.82 Å². The number of hydrogen-bond acceptors (Lipinski definition) is 5. The molecule has 1 amide bonds. The number of nitrogens with zero attached hydrogens (tertiary/aromatic N) is 2. The van der Waals surface area contributed by atoms with Gasteiger partial charge in [-0.05, 0) is 72.5 Å². The molecule has 1 aromatic heterocycles. The highest BCUT2D eigenvalue weighted by atomic mass is 16.5. The van der Waals surface area contributed by atoms with Crippen molar-refractivity contribution in [2.45, 2.75) is 13.8 Å². The van der Waals surface area contributed by atoms with E-state index in [9.17, 15) is 4.79 Å². The lowest BCUT2D eigenvalue weighted by atomic mass is 10.0. The third-order valence-corrected chi connectivity index (χ3v) is 5.17. The van der Waals surface area contributed by atoms with Crippen molar-refractivity contribution in [1.82, 2.24) is 9.88 Å². The maximum atomic E-state index is 12.1. The van der Waals surface area contributed by atoms with Gasteiger partial charge < -0.3 is 19.7 Å². The summed E-state index contributed by atoms with van der Waals surface area (Å²) >= 11 is 0. The number of anilines is 2. The van der Waals surface area contributed by atoms with Crippen LogP contribution in [0.15, 0.2) is 54.7 Å². The Morgan fingerprint density at radius 2 is 1.62 bits per heavy atom. The van der Waals surface area contributed by atoms with E-state index in [1.807, 2.05) is 54.7 Å². The van der Waals surface area contributed by atoms with E-state index in [0.717, 1.165) is 33.8 Å². The van der Waals surface area contributed by atoms with Crippen LogP contribution in [0.1, 0.15) is 34.0 Å². The second-order valence-corrected chi connectivity index (χ2v) is 7.73. The van der Waals surface area contributed by atoms with Crippen molar-refractivity contribution in [1.29, 1.82) is 0 Å². The molecular weight excluding hydrogens is 402 g/mol. The number of allylic oxidation sites excluding steroid dienone is 1. The molecule has 0 atom stereocenters. The Hall–Kier alpha value is -3.80. The molecule has 3 rings (SSSR count). The molecule has 1 heterocycles. The minimum absolute atomic E-state index is 0.00389. The van der Waals surface area contributed by atoms with Gasteiger partial charge in [-0.25, -0.2) is 4.98 Å². The summed E-state index contributed by atoms with van der Waals surface area (Å²) in [6, 6.07) is 15.3. The molecule has 0 saturated carbocycles. The minimum Gasteiger partial charge on any atom is -0.493 e. The fraction of sp³-hybridized carbons (Fsp3) is 0.231. The predicted octanol–water partition coefficient (Wildman–Crippen LogP) is 5.41. The van der Waals surface area contributed by atoms with Crippen molar-refractivity contribution in [3.8, 4) is 11.5 Å². The number of carbonyl (C=O) groups excluding carboxylic acids is 1. The Labute approximate surface area is 189 Å². The van der Waals surface area contributed by atoms with Crippen molar-refractivity contribution in [2.24, 2.45) is 0 Å². The van der Waals surface area contributed by atoms with E-state index in [1.165, 1.54) is 0 Å². The Morgan fingerprint density at radius 1 is 0.969 bits per heavy atom. The van der Waals surface area contributed by atoms with Gasteiger partial charge in [0.05, 0.1) is 14.2 Å². The number of hydrogen-bond donors (Lipinski definition) is 1. The Morgan fingerprint density at radius 3 is 2.22 bits per heavy atom. The van der Waals surface area contributed by atoms with Gasteiger partial charge in [0, 0.05) is 37.6 Å². The smallest absolute Gasteiger partial charge is 0.253 e. The first kappa shape index (κ1) is 22.9. The Balaban J connectivity index is 1.77. The van der Waals surface area contributed by atoms with Crippen LogP contribution in [0, 0.1) is 6.92 Å². The summed E-state index contributed by atoms with van der Waals surface area (Å²) in [5.74, 6) is 2.08. The van der Waals surface area contributed by atoms with E-state index >= 15 is 0 Å². The van der Waals surface area contributed by atoms with Gasteiger partial charge in [0.25, 0.3) is 5.91 Å². The second-order valence-electron chi connectivity index (χ2n) is 7.73. The number of aryl methyl sites for hydroxylation is 1. The molecule has 0 spiro atoms. The molecule has 0 aliphatic heterocycles. The van der Waals surface area contributed by atoms with E-state index in [2.05, 4.69) is 30.2 Å². The average molecular weight is 432 g/mol. The standard InChI is InChI=1S/C26H29N3O3/c1-17(19-7-9-20(10-8-19)26(30)29(3)4)13-21-16-27-25(14-18(21)2)28-22-11-12-23(31-5)24(15-22)32-6/h7-16H,1-6H3,(H,27,28)/b17-13+. The summed E-state index contributed by atoms with van der Waals surface area (Å²) < 4.78 is 10.6. The van der Waals surface area contributed by atoms with Crippen molar-refractivity contribution in [3.05, 3.63) is 77.0 Å². The molecule has 0 unspecified atom stereocenters. The summed E-state index contributed by atoms with van der Waals surface area (Å²) in [6.07, 6.45) is 3.96. The van der Waals surface area contributed by atoms with Gasteiger partial charge in [0.15, 0.2) is 11.5 Å². The second kappa shape index (κ2) is 10.0. The van der Waals surface area contributed by atoms with E-state index in [0.29, 0.717) is 17.1 Å². The molecule has 0 bridgehead atoms. The number of carbonyl (C=O) groups is 1. The number of amides is 1. The van der Waals surface area contributed by atoms with Gasteiger partial charge in [0.2, 0.25) is 0 Å². The van der Waals surface area contributed by atoms with Gasteiger partial charge in [-0.1, -0.05) is 12.1 Å². The number of methoxy groups -OCH3 is 2. The third kappa shape index (κ3) is 5.27. The van der Waals surface area contributed by atoms with Crippen LogP contribution in [0.25, 0.3) is 11.6 Å². The van der Waals surface area contributed by atoms with E-state index < -0.39 is 0 Å². The highest BCUT2D eigenvalue weighted by Crippen LogP contribution is 2.31. The first-order valence-electron chi connectivity index (χ1n) is 10.3. The molecule has 32 heavy (non-hydrogen) atoms.